The standard InChI is InChI=1S/C16H16N2O3/c19-15-13-11-3-4-12(21-11)14(13)16(20)18(15)9-2-1-8-5-6-17-10(8)7-9/h1-2,7,11-14,17H,3-6H2/t11-,12+,13-,14+. The van der Waals surface area contributed by atoms with E-state index in [1.54, 1.807) is 0 Å². The van der Waals surface area contributed by atoms with Crippen molar-refractivity contribution in [3.63, 3.8) is 0 Å². The summed E-state index contributed by atoms with van der Waals surface area (Å²) in [5.41, 5.74) is 3.00. The molecule has 4 aliphatic rings. The van der Waals surface area contributed by atoms with Crippen LogP contribution in [0.2, 0.25) is 0 Å². The average molecular weight is 284 g/mol. The van der Waals surface area contributed by atoms with E-state index in [2.05, 4.69) is 5.32 Å². The summed E-state index contributed by atoms with van der Waals surface area (Å²) in [6.45, 7) is 0.921. The Kier molecular flexibility index (Phi) is 2.16. The number of rotatable bonds is 1. The van der Waals surface area contributed by atoms with Crippen LogP contribution in [0.4, 0.5) is 11.4 Å². The summed E-state index contributed by atoms with van der Waals surface area (Å²) in [5, 5.41) is 3.30. The first kappa shape index (κ1) is 11.7. The van der Waals surface area contributed by atoms with Gasteiger partial charge in [-0.05, 0) is 37.0 Å². The Labute approximate surface area is 122 Å². The van der Waals surface area contributed by atoms with Gasteiger partial charge in [0.15, 0.2) is 0 Å². The number of nitrogens with zero attached hydrogens (tertiary/aromatic N) is 1. The van der Waals surface area contributed by atoms with E-state index in [1.807, 2.05) is 18.2 Å². The fraction of sp³-hybridized carbons (Fsp3) is 0.500. The number of hydrogen-bond acceptors (Lipinski definition) is 4. The summed E-state index contributed by atoms with van der Waals surface area (Å²) >= 11 is 0. The van der Waals surface area contributed by atoms with Crippen LogP contribution in [-0.4, -0.2) is 30.6 Å². The Morgan fingerprint density at radius 3 is 2.52 bits per heavy atom. The maximum atomic E-state index is 12.7. The van der Waals surface area contributed by atoms with E-state index in [1.165, 1.54) is 10.5 Å². The molecule has 1 N–H and O–H groups in total. The van der Waals surface area contributed by atoms with Crippen molar-refractivity contribution in [2.75, 3.05) is 16.8 Å². The molecule has 2 amide bonds. The van der Waals surface area contributed by atoms with Gasteiger partial charge in [-0.3, -0.25) is 9.59 Å². The van der Waals surface area contributed by atoms with Gasteiger partial charge in [0.05, 0.1) is 29.7 Å². The first-order chi connectivity index (χ1) is 10.2. The molecule has 5 heteroatoms. The second-order valence-corrected chi connectivity index (χ2v) is 6.37. The monoisotopic (exact) mass is 284 g/mol. The Balaban J connectivity index is 1.55. The highest BCUT2D eigenvalue weighted by atomic mass is 16.5. The quantitative estimate of drug-likeness (QED) is 0.790. The predicted octanol–water partition coefficient (Wildman–Crippen LogP) is 1.32. The Bertz CT molecular complexity index is 643. The third-order valence-electron chi connectivity index (χ3n) is 5.35. The number of anilines is 2. The van der Waals surface area contributed by atoms with E-state index in [9.17, 15) is 9.59 Å². The molecule has 4 atom stereocenters. The van der Waals surface area contributed by atoms with Crippen LogP contribution in [0.15, 0.2) is 18.2 Å². The highest BCUT2D eigenvalue weighted by Crippen LogP contribution is 2.49. The first-order valence-corrected chi connectivity index (χ1v) is 7.64. The number of carbonyl (C=O) groups is 2. The highest BCUT2D eigenvalue weighted by Gasteiger charge is 2.62. The molecule has 1 aromatic carbocycles. The van der Waals surface area contributed by atoms with Crippen molar-refractivity contribution in [1.29, 1.82) is 0 Å². The van der Waals surface area contributed by atoms with Crippen LogP contribution in [0.5, 0.6) is 0 Å². The van der Waals surface area contributed by atoms with Crippen molar-refractivity contribution in [3.8, 4) is 0 Å². The first-order valence-electron chi connectivity index (χ1n) is 7.64. The van der Waals surface area contributed by atoms with Gasteiger partial charge in [-0.1, -0.05) is 6.07 Å². The Hall–Kier alpha value is -1.88. The van der Waals surface area contributed by atoms with E-state index < -0.39 is 0 Å². The van der Waals surface area contributed by atoms with Crippen LogP contribution in [0.3, 0.4) is 0 Å². The SMILES string of the molecule is O=C1[C@@H]2[C@H](C(=O)N1c1ccc3c(c1)NCC3)[C@H]1CC[C@@H]2O1. The number of benzene rings is 1. The lowest BCUT2D eigenvalue weighted by Gasteiger charge is -2.18. The molecule has 21 heavy (non-hydrogen) atoms. The Morgan fingerprint density at radius 1 is 1.10 bits per heavy atom. The third kappa shape index (κ3) is 1.39. The van der Waals surface area contributed by atoms with Crippen molar-refractivity contribution < 1.29 is 14.3 Å². The molecular weight excluding hydrogens is 268 g/mol. The Morgan fingerprint density at radius 2 is 1.81 bits per heavy atom. The number of amides is 2. The van der Waals surface area contributed by atoms with Crippen LogP contribution in [0.25, 0.3) is 0 Å². The van der Waals surface area contributed by atoms with Gasteiger partial charge in [-0.15, -0.1) is 0 Å². The molecule has 0 radical (unpaired) electrons. The summed E-state index contributed by atoms with van der Waals surface area (Å²) in [7, 11) is 0. The zero-order chi connectivity index (χ0) is 14.1. The largest absolute Gasteiger partial charge is 0.384 e. The average Bonchev–Trinajstić information content (AvgIpc) is 3.22. The van der Waals surface area contributed by atoms with Crippen molar-refractivity contribution in [3.05, 3.63) is 23.8 Å². The summed E-state index contributed by atoms with van der Waals surface area (Å²) in [4.78, 5) is 26.8. The topological polar surface area (TPSA) is 58.6 Å². The lowest BCUT2D eigenvalue weighted by molar-refractivity contribution is -0.124. The van der Waals surface area contributed by atoms with Gasteiger partial charge >= 0.3 is 0 Å². The molecule has 0 aromatic heterocycles. The zero-order valence-corrected chi connectivity index (χ0v) is 11.5. The molecule has 0 saturated carbocycles. The van der Waals surface area contributed by atoms with Gasteiger partial charge in [0.25, 0.3) is 0 Å². The van der Waals surface area contributed by atoms with Crippen molar-refractivity contribution >= 4 is 23.2 Å². The van der Waals surface area contributed by atoms with E-state index in [0.717, 1.165) is 31.5 Å². The third-order valence-corrected chi connectivity index (χ3v) is 5.35. The van der Waals surface area contributed by atoms with E-state index >= 15 is 0 Å². The van der Waals surface area contributed by atoms with Crippen molar-refractivity contribution in [1.82, 2.24) is 0 Å². The lowest BCUT2D eigenvalue weighted by Crippen LogP contribution is -2.34. The van der Waals surface area contributed by atoms with Crippen molar-refractivity contribution in [2.24, 2.45) is 11.8 Å². The molecule has 3 saturated heterocycles. The maximum absolute atomic E-state index is 12.7. The van der Waals surface area contributed by atoms with Gasteiger partial charge in [-0.25, -0.2) is 4.90 Å². The number of fused-ring (bicyclic) bond motifs is 6. The van der Waals surface area contributed by atoms with Crippen LogP contribution in [-0.2, 0) is 20.7 Å². The van der Waals surface area contributed by atoms with E-state index in [4.69, 9.17) is 4.74 Å². The number of imide groups is 1. The molecular formula is C16H16N2O3. The summed E-state index contributed by atoms with van der Waals surface area (Å²) in [6.07, 6.45) is 2.72. The van der Waals surface area contributed by atoms with Gasteiger partial charge in [0, 0.05) is 12.2 Å². The van der Waals surface area contributed by atoms with Gasteiger partial charge in [-0.2, -0.15) is 0 Å². The van der Waals surface area contributed by atoms with Gasteiger partial charge < -0.3 is 10.1 Å². The molecule has 0 unspecified atom stereocenters. The van der Waals surface area contributed by atoms with Crippen molar-refractivity contribution in [2.45, 2.75) is 31.5 Å². The molecule has 0 aliphatic carbocycles. The number of carbonyl (C=O) groups excluding carboxylic acids is 2. The van der Waals surface area contributed by atoms with Gasteiger partial charge in [0.1, 0.15) is 0 Å². The summed E-state index contributed by atoms with van der Waals surface area (Å²) in [6, 6.07) is 5.85. The lowest BCUT2D eigenvalue weighted by atomic mass is 9.81. The summed E-state index contributed by atoms with van der Waals surface area (Å²) in [5.74, 6) is -0.653. The molecule has 1 aromatic rings. The predicted molar refractivity (Wildman–Crippen MR) is 76.0 cm³/mol. The minimum absolute atomic E-state index is 0.0472. The van der Waals surface area contributed by atoms with Crippen LogP contribution in [0.1, 0.15) is 18.4 Å². The van der Waals surface area contributed by atoms with Crippen LogP contribution >= 0.6 is 0 Å². The molecule has 2 bridgehead atoms. The van der Waals surface area contributed by atoms with Crippen LogP contribution in [0, 0.1) is 11.8 Å². The molecule has 0 spiro atoms. The second kappa shape index (κ2) is 3.85. The molecule has 5 nitrogen and oxygen atoms in total. The number of hydrogen-bond donors (Lipinski definition) is 1. The molecule has 5 rings (SSSR count). The van der Waals surface area contributed by atoms with Gasteiger partial charge in [0.2, 0.25) is 11.8 Å². The van der Waals surface area contributed by atoms with E-state index in [0.29, 0.717) is 5.69 Å². The smallest absolute Gasteiger partial charge is 0.240 e. The number of ether oxygens (including phenoxy) is 1. The second-order valence-electron chi connectivity index (χ2n) is 6.37. The normalized spacial score (nSPS) is 36.1. The van der Waals surface area contributed by atoms with Crippen LogP contribution < -0.4 is 10.2 Å². The minimum atomic E-state index is -0.252. The number of nitrogens with one attached hydrogen (secondary N) is 1. The molecule has 4 heterocycles. The molecule has 3 fully saturated rings. The van der Waals surface area contributed by atoms with E-state index in [-0.39, 0.29) is 35.9 Å². The zero-order valence-electron chi connectivity index (χ0n) is 11.5. The maximum Gasteiger partial charge on any atom is 0.240 e. The fourth-order valence-electron chi connectivity index (χ4n) is 4.38. The minimum Gasteiger partial charge on any atom is -0.384 e. The highest BCUT2D eigenvalue weighted by molar-refractivity contribution is 6.23. The molecule has 108 valence electrons. The fourth-order valence-corrected chi connectivity index (χ4v) is 4.38. The summed E-state index contributed by atoms with van der Waals surface area (Å²) < 4.78 is 5.76. The molecule has 4 aliphatic heterocycles.